The third-order valence-electron chi connectivity index (χ3n) is 6.95. The first-order valence-corrected chi connectivity index (χ1v) is 12.3. The molecule has 0 saturated heterocycles. The first kappa shape index (κ1) is 22.6. The topological polar surface area (TPSA) is 75.6 Å². The Kier molecular flexibility index (Phi) is 5.49. The molecule has 6 rings (SSSR count). The number of hydrogen-bond acceptors (Lipinski definition) is 2. The van der Waals surface area contributed by atoms with Gasteiger partial charge in [-0.25, -0.2) is 9.36 Å². The summed E-state index contributed by atoms with van der Waals surface area (Å²) in [7, 11) is 0. The smallest absolute Gasteiger partial charge is 0.275 e. The molecule has 0 unspecified atom stereocenters. The molecule has 0 amide bonds. The zero-order valence-electron chi connectivity index (χ0n) is 20.6. The lowest BCUT2D eigenvalue weighted by Crippen LogP contribution is -2.25. The van der Waals surface area contributed by atoms with E-state index in [2.05, 4.69) is 22.3 Å². The Labute approximate surface area is 213 Å². The van der Waals surface area contributed by atoms with Crippen LogP contribution in [0.15, 0.2) is 113 Å². The van der Waals surface area contributed by atoms with E-state index in [1.807, 2.05) is 105 Å². The molecule has 0 radical (unpaired) electrons. The van der Waals surface area contributed by atoms with Crippen LogP contribution in [-0.4, -0.2) is 19.6 Å². The number of aryl methyl sites for hydroxylation is 2. The van der Waals surface area contributed by atoms with Crippen LogP contribution in [0, 0.1) is 13.8 Å². The Morgan fingerprint density at radius 1 is 0.568 bits per heavy atom. The van der Waals surface area contributed by atoms with E-state index in [1.165, 1.54) is 0 Å². The predicted molar refractivity (Wildman–Crippen MR) is 147 cm³/mol. The lowest BCUT2D eigenvalue weighted by atomic mass is 9.84. The third-order valence-corrected chi connectivity index (χ3v) is 6.95. The monoisotopic (exact) mass is 486 g/mol. The Bertz CT molecular complexity index is 1740. The van der Waals surface area contributed by atoms with Crippen LogP contribution in [0.4, 0.5) is 0 Å². The second kappa shape index (κ2) is 8.99. The summed E-state index contributed by atoms with van der Waals surface area (Å²) in [5.74, 6) is -0.563. The Morgan fingerprint density at radius 2 is 1.03 bits per heavy atom. The molecule has 4 aromatic carbocycles. The van der Waals surface area contributed by atoms with Crippen molar-refractivity contribution in [2.45, 2.75) is 19.8 Å². The summed E-state index contributed by atoms with van der Waals surface area (Å²) in [5.41, 5.74) is 4.57. The zero-order chi connectivity index (χ0) is 25.5. The van der Waals surface area contributed by atoms with Crippen LogP contribution in [0.25, 0.3) is 22.1 Å². The van der Waals surface area contributed by atoms with Crippen LogP contribution in [0.3, 0.4) is 0 Å². The van der Waals surface area contributed by atoms with Gasteiger partial charge >= 0.3 is 0 Å². The summed E-state index contributed by atoms with van der Waals surface area (Å²) in [6.07, 6.45) is 0. The maximum Gasteiger partial charge on any atom is 0.275 e. The van der Waals surface area contributed by atoms with Gasteiger partial charge in [-0.3, -0.25) is 19.8 Å². The van der Waals surface area contributed by atoms with Crippen LogP contribution in [-0.2, 0) is 0 Å². The number of nitrogens with zero attached hydrogens (tertiary/aromatic N) is 2. The van der Waals surface area contributed by atoms with Crippen molar-refractivity contribution >= 4 is 10.8 Å². The molecule has 0 fully saturated rings. The molecule has 0 aliphatic heterocycles. The molecule has 2 heterocycles. The average molecular weight is 487 g/mol. The van der Waals surface area contributed by atoms with E-state index in [0.717, 1.165) is 39.1 Å². The molecule has 0 saturated carbocycles. The van der Waals surface area contributed by atoms with Gasteiger partial charge in [-0.05, 0) is 54.4 Å². The molecular formula is C31H26N4O2. The van der Waals surface area contributed by atoms with Crippen LogP contribution in [0.2, 0.25) is 0 Å². The number of nitrogens with one attached hydrogen (secondary N) is 2. The minimum atomic E-state index is -0.563. The molecule has 37 heavy (non-hydrogen) atoms. The Morgan fingerprint density at radius 3 is 1.54 bits per heavy atom. The quantitative estimate of drug-likeness (QED) is 0.333. The van der Waals surface area contributed by atoms with Crippen molar-refractivity contribution < 1.29 is 0 Å². The van der Waals surface area contributed by atoms with E-state index in [9.17, 15) is 9.59 Å². The Balaban J connectivity index is 1.63. The molecule has 0 atom stereocenters. The van der Waals surface area contributed by atoms with Crippen LogP contribution >= 0.6 is 0 Å². The van der Waals surface area contributed by atoms with Crippen molar-refractivity contribution in [3.63, 3.8) is 0 Å². The van der Waals surface area contributed by atoms with Gasteiger partial charge in [-0.15, -0.1) is 0 Å². The number of aromatic amines is 2. The molecule has 0 aliphatic rings. The largest absolute Gasteiger partial charge is 0.295 e. The maximum atomic E-state index is 14.0. The van der Waals surface area contributed by atoms with Gasteiger partial charge in [0.05, 0.1) is 22.5 Å². The molecule has 2 aromatic heterocycles. The highest BCUT2D eigenvalue weighted by atomic mass is 16.1. The first-order chi connectivity index (χ1) is 18.0. The fourth-order valence-electron chi connectivity index (χ4n) is 5.18. The van der Waals surface area contributed by atoms with Gasteiger partial charge in [0.2, 0.25) is 0 Å². The van der Waals surface area contributed by atoms with E-state index < -0.39 is 5.92 Å². The van der Waals surface area contributed by atoms with Crippen molar-refractivity contribution in [2.24, 2.45) is 0 Å². The van der Waals surface area contributed by atoms with E-state index >= 15 is 0 Å². The number of hydrogen-bond donors (Lipinski definition) is 2. The normalized spacial score (nSPS) is 11.4. The summed E-state index contributed by atoms with van der Waals surface area (Å²) in [6.45, 7) is 3.78. The minimum absolute atomic E-state index is 0.173. The number of benzene rings is 4. The van der Waals surface area contributed by atoms with Gasteiger partial charge in [-0.1, -0.05) is 78.9 Å². The third kappa shape index (κ3) is 3.83. The lowest BCUT2D eigenvalue weighted by Gasteiger charge is -2.16. The number of fused-ring (bicyclic) bond motifs is 1. The van der Waals surface area contributed by atoms with Crippen molar-refractivity contribution in [1.29, 1.82) is 0 Å². The average Bonchev–Trinajstić information content (AvgIpc) is 3.40. The molecule has 6 nitrogen and oxygen atoms in total. The zero-order valence-corrected chi connectivity index (χ0v) is 20.6. The second-order valence-corrected chi connectivity index (χ2v) is 9.29. The summed E-state index contributed by atoms with van der Waals surface area (Å²) in [5, 5.41) is 8.65. The number of H-pyrrole nitrogens is 2. The second-order valence-electron chi connectivity index (χ2n) is 9.29. The predicted octanol–water partition coefficient (Wildman–Crippen LogP) is 5.59. The summed E-state index contributed by atoms with van der Waals surface area (Å²) in [6, 6.07) is 33.2. The lowest BCUT2D eigenvalue weighted by molar-refractivity contribution is 0.830. The standard InChI is InChI=1S/C31H26N4O2/c1-20-27(30(36)34(32-20)25-13-5-3-6-14-25)29(24-18-17-22-11-9-10-12-23(22)19-24)28-21(2)33-35(31(28)37)26-15-7-4-8-16-26/h3-19,29,32-33H,1-2H3. The highest BCUT2D eigenvalue weighted by Crippen LogP contribution is 2.33. The summed E-state index contributed by atoms with van der Waals surface area (Å²) >= 11 is 0. The van der Waals surface area contributed by atoms with Crippen molar-refractivity contribution in [2.75, 3.05) is 0 Å². The van der Waals surface area contributed by atoms with E-state index in [0.29, 0.717) is 11.1 Å². The van der Waals surface area contributed by atoms with Crippen LogP contribution in [0.5, 0.6) is 0 Å². The summed E-state index contributed by atoms with van der Waals surface area (Å²) in [4.78, 5) is 27.9. The first-order valence-electron chi connectivity index (χ1n) is 12.3. The van der Waals surface area contributed by atoms with Crippen molar-refractivity contribution in [1.82, 2.24) is 19.6 Å². The van der Waals surface area contributed by atoms with Gasteiger partial charge in [0, 0.05) is 17.3 Å². The van der Waals surface area contributed by atoms with Crippen molar-refractivity contribution in [3.8, 4) is 11.4 Å². The van der Waals surface area contributed by atoms with Gasteiger partial charge in [-0.2, -0.15) is 0 Å². The van der Waals surface area contributed by atoms with Crippen molar-refractivity contribution in [3.05, 3.63) is 152 Å². The molecule has 2 N–H and O–H groups in total. The molecular weight excluding hydrogens is 460 g/mol. The minimum Gasteiger partial charge on any atom is -0.295 e. The van der Waals surface area contributed by atoms with Crippen LogP contribution < -0.4 is 11.1 Å². The molecule has 0 bridgehead atoms. The van der Waals surface area contributed by atoms with E-state index in [4.69, 9.17) is 0 Å². The Hall–Kier alpha value is -4.84. The number of rotatable bonds is 5. The van der Waals surface area contributed by atoms with Gasteiger partial charge in [0.1, 0.15) is 0 Å². The highest BCUT2D eigenvalue weighted by Gasteiger charge is 2.31. The van der Waals surface area contributed by atoms with Crippen LogP contribution in [0.1, 0.15) is 34.0 Å². The molecule has 6 aromatic rings. The summed E-state index contributed by atoms with van der Waals surface area (Å²) < 4.78 is 3.10. The van der Waals surface area contributed by atoms with Gasteiger partial charge in [0.25, 0.3) is 11.1 Å². The van der Waals surface area contributed by atoms with E-state index in [1.54, 1.807) is 9.36 Å². The molecule has 182 valence electrons. The highest BCUT2D eigenvalue weighted by molar-refractivity contribution is 5.83. The fourth-order valence-corrected chi connectivity index (χ4v) is 5.18. The van der Waals surface area contributed by atoms with E-state index in [-0.39, 0.29) is 11.1 Å². The molecule has 0 spiro atoms. The van der Waals surface area contributed by atoms with Gasteiger partial charge < -0.3 is 0 Å². The maximum absolute atomic E-state index is 14.0. The number of para-hydroxylation sites is 2. The molecule has 0 aliphatic carbocycles. The van der Waals surface area contributed by atoms with Gasteiger partial charge in [0.15, 0.2) is 0 Å². The fraction of sp³-hybridized carbons (Fsp3) is 0.0968. The molecule has 6 heteroatoms. The SMILES string of the molecule is Cc1[nH]n(-c2ccccc2)c(=O)c1C(c1ccc2ccccc2c1)c1c(C)[nH]n(-c2ccccc2)c1=O. The number of aromatic nitrogens is 4.